The molecule has 0 N–H and O–H groups in total. The average molecular weight is 378 g/mol. The van der Waals surface area contributed by atoms with Crippen molar-refractivity contribution in [1.29, 1.82) is 0 Å². The summed E-state index contributed by atoms with van der Waals surface area (Å²) in [7, 11) is 0. The standard InChI is InChI=1S/C21H22N4O3/c1-2-15-3-5-16(6-4-15)11-25-20(26)8-7-19(24-25)18-9-22-21(23-10-18)28-14-17-12-27-13-17/h3-10,17H,2,11-14H2,1H3. The van der Waals surface area contributed by atoms with Gasteiger partial charge in [-0.2, -0.15) is 5.10 Å². The number of hydrogen-bond acceptors (Lipinski definition) is 6. The van der Waals surface area contributed by atoms with E-state index in [-0.39, 0.29) is 5.56 Å². The average Bonchev–Trinajstić information content (AvgIpc) is 2.70. The molecule has 28 heavy (non-hydrogen) atoms. The van der Waals surface area contributed by atoms with E-state index in [2.05, 4.69) is 34.1 Å². The predicted molar refractivity (Wildman–Crippen MR) is 104 cm³/mol. The third-order valence-electron chi connectivity index (χ3n) is 4.71. The fourth-order valence-electron chi connectivity index (χ4n) is 2.87. The molecule has 4 rings (SSSR count). The molecule has 3 heterocycles. The maximum absolute atomic E-state index is 12.2. The lowest BCUT2D eigenvalue weighted by atomic mass is 10.1. The number of benzene rings is 1. The van der Waals surface area contributed by atoms with Crippen LogP contribution in [0.3, 0.4) is 0 Å². The van der Waals surface area contributed by atoms with Crippen molar-refractivity contribution in [2.75, 3.05) is 19.8 Å². The minimum Gasteiger partial charge on any atom is -0.463 e. The molecule has 1 aromatic carbocycles. The highest BCUT2D eigenvalue weighted by Gasteiger charge is 2.19. The van der Waals surface area contributed by atoms with Crippen molar-refractivity contribution in [2.24, 2.45) is 5.92 Å². The Bertz CT molecular complexity index is 980. The van der Waals surface area contributed by atoms with Gasteiger partial charge in [-0.3, -0.25) is 4.79 Å². The number of rotatable bonds is 7. The summed E-state index contributed by atoms with van der Waals surface area (Å²) in [5.41, 5.74) is 3.52. The molecule has 0 spiro atoms. The monoisotopic (exact) mass is 378 g/mol. The summed E-state index contributed by atoms with van der Waals surface area (Å²) in [6.07, 6.45) is 4.31. The van der Waals surface area contributed by atoms with Gasteiger partial charge in [-0.25, -0.2) is 14.6 Å². The molecular weight excluding hydrogens is 356 g/mol. The van der Waals surface area contributed by atoms with Crippen LogP contribution in [0.5, 0.6) is 6.01 Å². The van der Waals surface area contributed by atoms with E-state index in [1.54, 1.807) is 18.5 Å². The van der Waals surface area contributed by atoms with Gasteiger partial charge in [-0.1, -0.05) is 31.2 Å². The SMILES string of the molecule is CCc1ccc(Cn2nc(-c3cnc(OCC4COC4)nc3)ccc2=O)cc1. The summed E-state index contributed by atoms with van der Waals surface area (Å²) in [5, 5.41) is 4.47. The van der Waals surface area contributed by atoms with E-state index in [0.717, 1.165) is 30.8 Å². The highest BCUT2D eigenvalue weighted by molar-refractivity contribution is 5.55. The summed E-state index contributed by atoms with van der Waals surface area (Å²) < 4.78 is 12.1. The van der Waals surface area contributed by atoms with Crippen LogP contribution in [-0.4, -0.2) is 39.6 Å². The molecule has 2 aromatic heterocycles. The number of hydrogen-bond donors (Lipinski definition) is 0. The Kier molecular flexibility index (Phi) is 5.43. The van der Waals surface area contributed by atoms with Crippen molar-refractivity contribution < 1.29 is 9.47 Å². The van der Waals surface area contributed by atoms with Gasteiger partial charge in [-0.15, -0.1) is 0 Å². The first kappa shape index (κ1) is 18.3. The van der Waals surface area contributed by atoms with E-state index in [4.69, 9.17) is 9.47 Å². The Morgan fingerprint density at radius 2 is 1.79 bits per heavy atom. The Morgan fingerprint density at radius 3 is 2.43 bits per heavy atom. The van der Waals surface area contributed by atoms with Crippen LogP contribution in [0.2, 0.25) is 0 Å². The summed E-state index contributed by atoms with van der Waals surface area (Å²) in [5.74, 6) is 0.417. The van der Waals surface area contributed by atoms with Gasteiger partial charge in [0.25, 0.3) is 5.56 Å². The lowest BCUT2D eigenvalue weighted by Gasteiger charge is -2.25. The van der Waals surface area contributed by atoms with E-state index in [1.165, 1.54) is 16.3 Å². The third-order valence-corrected chi connectivity index (χ3v) is 4.71. The molecule has 3 aromatic rings. The first-order valence-electron chi connectivity index (χ1n) is 9.40. The molecule has 0 bridgehead atoms. The van der Waals surface area contributed by atoms with E-state index in [1.807, 2.05) is 12.1 Å². The molecule has 1 aliphatic heterocycles. The van der Waals surface area contributed by atoms with Crippen molar-refractivity contribution >= 4 is 0 Å². The lowest BCUT2D eigenvalue weighted by molar-refractivity contribution is -0.0520. The van der Waals surface area contributed by atoms with Gasteiger partial charge >= 0.3 is 6.01 Å². The first-order chi connectivity index (χ1) is 13.7. The van der Waals surface area contributed by atoms with E-state index >= 15 is 0 Å². The van der Waals surface area contributed by atoms with Gasteiger partial charge in [0.1, 0.15) is 0 Å². The molecule has 1 fully saturated rings. The van der Waals surface area contributed by atoms with Gasteiger partial charge in [0, 0.05) is 29.9 Å². The van der Waals surface area contributed by atoms with Gasteiger partial charge < -0.3 is 9.47 Å². The quantitative estimate of drug-likeness (QED) is 0.628. The van der Waals surface area contributed by atoms with Gasteiger partial charge in [0.2, 0.25) is 0 Å². The molecule has 144 valence electrons. The number of ether oxygens (including phenoxy) is 2. The summed E-state index contributed by atoms with van der Waals surface area (Å²) in [6, 6.07) is 11.7. The normalized spacial score (nSPS) is 13.9. The topological polar surface area (TPSA) is 79.1 Å². The van der Waals surface area contributed by atoms with Crippen molar-refractivity contribution in [3.8, 4) is 17.3 Å². The van der Waals surface area contributed by atoms with Crippen LogP contribution in [0.15, 0.2) is 53.6 Å². The minimum atomic E-state index is -0.146. The zero-order valence-corrected chi connectivity index (χ0v) is 15.7. The summed E-state index contributed by atoms with van der Waals surface area (Å²) in [4.78, 5) is 20.7. The van der Waals surface area contributed by atoms with Crippen LogP contribution >= 0.6 is 0 Å². The number of aromatic nitrogens is 4. The molecule has 0 saturated carbocycles. The largest absolute Gasteiger partial charge is 0.463 e. The molecule has 7 heteroatoms. The summed E-state index contributed by atoms with van der Waals surface area (Å²) in [6.45, 7) is 4.54. The maximum atomic E-state index is 12.2. The molecular formula is C21H22N4O3. The predicted octanol–water partition coefficient (Wildman–Crippen LogP) is 2.34. The van der Waals surface area contributed by atoms with Crippen molar-refractivity contribution in [2.45, 2.75) is 19.9 Å². The van der Waals surface area contributed by atoms with Crippen molar-refractivity contribution in [3.63, 3.8) is 0 Å². The Morgan fingerprint density at radius 1 is 1.07 bits per heavy atom. The van der Waals surface area contributed by atoms with Gasteiger partial charge in [0.15, 0.2) is 0 Å². The van der Waals surface area contributed by atoms with Crippen molar-refractivity contribution in [3.05, 3.63) is 70.3 Å². The highest BCUT2D eigenvalue weighted by atomic mass is 16.5. The molecule has 0 aliphatic carbocycles. The zero-order chi connectivity index (χ0) is 19.3. The van der Waals surface area contributed by atoms with E-state index in [9.17, 15) is 4.79 Å². The second-order valence-electron chi connectivity index (χ2n) is 6.85. The van der Waals surface area contributed by atoms with Crippen LogP contribution in [0.25, 0.3) is 11.3 Å². The van der Waals surface area contributed by atoms with E-state index < -0.39 is 0 Å². The smallest absolute Gasteiger partial charge is 0.316 e. The number of nitrogens with zero attached hydrogens (tertiary/aromatic N) is 4. The Hall–Kier alpha value is -3.06. The fourth-order valence-corrected chi connectivity index (χ4v) is 2.87. The maximum Gasteiger partial charge on any atom is 0.316 e. The van der Waals surface area contributed by atoms with Gasteiger partial charge in [0.05, 0.1) is 32.1 Å². The summed E-state index contributed by atoms with van der Waals surface area (Å²) >= 11 is 0. The Balaban J connectivity index is 1.48. The molecule has 1 saturated heterocycles. The van der Waals surface area contributed by atoms with Crippen LogP contribution in [0.4, 0.5) is 0 Å². The second kappa shape index (κ2) is 8.31. The highest BCUT2D eigenvalue weighted by Crippen LogP contribution is 2.16. The van der Waals surface area contributed by atoms with Crippen LogP contribution in [0.1, 0.15) is 18.1 Å². The van der Waals surface area contributed by atoms with Crippen molar-refractivity contribution in [1.82, 2.24) is 19.7 Å². The van der Waals surface area contributed by atoms with E-state index in [0.29, 0.717) is 30.8 Å². The zero-order valence-electron chi connectivity index (χ0n) is 15.7. The molecule has 0 amide bonds. The second-order valence-corrected chi connectivity index (χ2v) is 6.85. The molecule has 7 nitrogen and oxygen atoms in total. The molecule has 0 atom stereocenters. The van der Waals surface area contributed by atoms with Gasteiger partial charge in [-0.05, 0) is 23.6 Å². The van der Waals surface area contributed by atoms with Crippen LogP contribution in [-0.2, 0) is 17.7 Å². The number of aryl methyl sites for hydroxylation is 1. The van der Waals surface area contributed by atoms with Crippen LogP contribution < -0.4 is 10.3 Å². The molecule has 0 radical (unpaired) electrons. The third kappa shape index (κ3) is 4.26. The molecule has 0 unspecified atom stereocenters. The minimum absolute atomic E-state index is 0.146. The Labute approximate surface area is 163 Å². The van der Waals surface area contributed by atoms with Crippen LogP contribution in [0, 0.1) is 5.92 Å². The lowest BCUT2D eigenvalue weighted by Crippen LogP contribution is -2.32. The molecule has 1 aliphatic rings. The first-order valence-corrected chi connectivity index (χ1v) is 9.40. The fraction of sp³-hybridized carbons (Fsp3) is 0.333.